The number of piperidine rings is 1. The van der Waals surface area contributed by atoms with Crippen LogP contribution in [0.2, 0.25) is 0 Å². The first-order valence-corrected chi connectivity index (χ1v) is 13.2. The van der Waals surface area contributed by atoms with Crippen LogP contribution in [0.4, 0.5) is 0 Å². The van der Waals surface area contributed by atoms with Gasteiger partial charge in [0, 0.05) is 55.0 Å². The van der Waals surface area contributed by atoms with Crippen LogP contribution < -0.4 is 10.1 Å². The number of ether oxygens (including phenoxy) is 1. The van der Waals surface area contributed by atoms with Crippen LogP contribution in [0.3, 0.4) is 0 Å². The zero-order valence-electron chi connectivity index (χ0n) is 21.3. The number of aromatic amines is 1. The number of rotatable bonds is 7. The molecule has 3 aliphatic rings. The lowest BCUT2D eigenvalue weighted by Gasteiger charge is -2.37. The van der Waals surface area contributed by atoms with E-state index in [2.05, 4.69) is 27.3 Å². The Morgan fingerprint density at radius 3 is 2.65 bits per heavy atom. The lowest BCUT2D eigenvalue weighted by Crippen LogP contribution is -2.47. The highest BCUT2D eigenvalue weighted by molar-refractivity contribution is 5.96. The second-order valence-corrected chi connectivity index (χ2v) is 10.9. The van der Waals surface area contributed by atoms with Gasteiger partial charge < -0.3 is 24.8 Å². The molecule has 3 aliphatic heterocycles. The van der Waals surface area contributed by atoms with E-state index in [0.29, 0.717) is 24.9 Å². The standard InChI is InChI=1S/C30H34N4O3/c1-37-26-8-4-7-22(14-26)27-15-24(17-31-27)29(36)34-18-23-6-3-2-5-21(23)13-25(34)16-28(35)32-19-30-9-11-33(20-30)12-10-30/h2-8,14-15,17,25,31H,9-13,16,18-20H2,1H3,(H,32,35)/t25-/m0/s1. The van der Waals surface area contributed by atoms with Crippen LogP contribution in [0.25, 0.3) is 11.3 Å². The summed E-state index contributed by atoms with van der Waals surface area (Å²) in [6.45, 7) is 4.63. The van der Waals surface area contributed by atoms with Crippen molar-refractivity contribution in [2.24, 2.45) is 5.41 Å². The molecule has 7 nitrogen and oxygen atoms in total. The van der Waals surface area contributed by atoms with Crippen molar-refractivity contribution in [3.8, 4) is 17.0 Å². The maximum atomic E-state index is 13.8. The summed E-state index contributed by atoms with van der Waals surface area (Å²) in [5.41, 5.74) is 5.01. The molecule has 4 heterocycles. The van der Waals surface area contributed by atoms with Gasteiger partial charge in [-0.2, -0.15) is 0 Å². The minimum Gasteiger partial charge on any atom is -0.497 e. The molecule has 0 unspecified atom stereocenters. The number of carbonyl (C=O) groups excluding carboxylic acids is 2. The molecule has 2 fully saturated rings. The molecular formula is C30H34N4O3. The highest BCUT2D eigenvalue weighted by Crippen LogP contribution is 2.39. The van der Waals surface area contributed by atoms with E-state index >= 15 is 0 Å². The summed E-state index contributed by atoms with van der Waals surface area (Å²) >= 11 is 0. The lowest BCUT2D eigenvalue weighted by atomic mass is 9.84. The van der Waals surface area contributed by atoms with Gasteiger partial charge in [-0.15, -0.1) is 0 Å². The highest BCUT2D eigenvalue weighted by Gasteiger charge is 2.43. The molecule has 2 amide bonds. The summed E-state index contributed by atoms with van der Waals surface area (Å²) in [4.78, 5) is 34.5. The van der Waals surface area contributed by atoms with E-state index in [1.807, 2.05) is 47.4 Å². The molecule has 2 aromatic carbocycles. The number of nitrogens with zero attached hydrogens (tertiary/aromatic N) is 2. The van der Waals surface area contributed by atoms with Crippen molar-refractivity contribution in [2.75, 3.05) is 33.3 Å². The number of carbonyl (C=O) groups is 2. The Hall–Kier alpha value is -3.58. The third kappa shape index (κ3) is 4.76. The molecule has 37 heavy (non-hydrogen) atoms. The van der Waals surface area contributed by atoms with Crippen LogP contribution in [0, 0.1) is 5.41 Å². The predicted octanol–water partition coefficient (Wildman–Crippen LogP) is 3.86. The first-order valence-electron chi connectivity index (χ1n) is 13.2. The van der Waals surface area contributed by atoms with E-state index in [-0.39, 0.29) is 23.3 Å². The molecule has 192 valence electrons. The summed E-state index contributed by atoms with van der Waals surface area (Å²) in [6.07, 6.45) is 5.09. The normalized spacial score (nSPS) is 24.1. The van der Waals surface area contributed by atoms with Crippen LogP contribution in [-0.4, -0.2) is 65.9 Å². The van der Waals surface area contributed by atoms with Gasteiger partial charge in [-0.25, -0.2) is 0 Å². The van der Waals surface area contributed by atoms with Gasteiger partial charge in [0.15, 0.2) is 0 Å². The summed E-state index contributed by atoms with van der Waals surface area (Å²) in [6, 6.07) is 17.7. The number of methoxy groups -OCH3 is 1. The number of nitrogens with one attached hydrogen (secondary N) is 2. The Bertz CT molecular complexity index is 1310. The quantitative estimate of drug-likeness (QED) is 0.519. The smallest absolute Gasteiger partial charge is 0.255 e. The van der Waals surface area contributed by atoms with Crippen molar-refractivity contribution in [3.05, 3.63) is 77.5 Å². The Kier molecular flexibility index (Phi) is 6.24. The second-order valence-electron chi connectivity index (χ2n) is 10.9. The highest BCUT2D eigenvalue weighted by atomic mass is 16.5. The Labute approximate surface area is 217 Å². The fourth-order valence-electron chi connectivity index (χ4n) is 6.27. The second kappa shape index (κ2) is 9.71. The molecule has 3 aromatic rings. The Morgan fingerprint density at radius 1 is 1.08 bits per heavy atom. The third-order valence-corrected chi connectivity index (χ3v) is 8.48. The maximum absolute atomic E-state index is 13.8. The molecule has 0 saturated carbocycles. The molecule has 6 rings (SSSR count). The van der Waals surface area contributed by atoms with Crippen molar-refractivity contribution in [1.29, 1.82) is 0 Å². The van der Waals surface area contributed by atoms with Crippen LogP contribution in [0.5, 0.6) is 5.75 Å². The van der Waals surface area contributed by atoms with Crippen molar-refractivity contribution >= 4 is 11.8 Å². The number of hydrogen-bond donors (Lipinski definition) is 2. The number of benzene rings is 2. The van der Waals surface area contributed by atoms with Crippen LogP contribution in [0.1, 0.15) is 40.7 Å². The minimum atomic E-state index is -0.182. The molecule has 2 saturated heterocycles. The van der Waals surface area contributed by atoms with Gasteiger partial charge in [-0.1, -0.05) is 36.4 Å². The number of hydrogen-bond acceptors (Lipinski definition) is 4. The van der Waals surface area contributed by atoms with Crippen LogP contribution in [-0.2, 0) is 17.8 Å². The van der Waals surface area contributed by atoms with Crippen LogP contribution in [0.15, 0.2) is 60.8 Å². The van der Waals surface area contributed by atoms with Gasteiger partial charge in [0.05, 0.1) is 12.7 Å². The molecule has 2 bridgehead atoms. The van der Waals surface area contributed by atoms with E-state index in [0.717, 1.165) is 61.6 Å². The van der Waals surface area contributed by atoms with E-state index in [9.17, 15) is 9.59 Å². The van der Waals surface area contributed by atoms with Crippen molar-refractivity contribution in [2.45, 2.75) is 38.3 Å². The molecule has 7 heteroatoms. The summed E-state index contributed by atoms with van der Waals surface area (Å²) in [5, 5.41) is 3.23. The fraction of sp³-hybridized carbons (Fsp3) is 0.400. The number of fused-ring (bicyclic) bond motifs is 3. The maximum Gasteiger partial charge on any atom is 0.255 e. The van der Waals surface area contributed by atoms with Crippen molar-refractivity contribution < 1.29 is 14.3 Å². The average Bonchev–Trinajstić information content (AvgIpc) is 3.68. The summed E-state index contributed by atoms with van der Waals surface area (Å²) < 4.78 is 5.35. The Balaban J connectivity index is 1.19. The fourth-order valence-corrected chi connectivity index (χ4v) is 6.27. The summed E-state index contributed by atoms with van der Waals surface area (Å²) in [5.74, 6) is 0.743. The lowest BCUT2D eigenvalue weighted by molar-refractivity contribution is -0.122. The molecule has 0 aliphatic carbocycles. The van der Waals surface area contributed by atoms with E-state index < -0.39 is 0 Å². The van der Waals surface area contributed by atoms with E-state index in [1.54, 1.807) is 13.3 Å². The first kappa shape index (κ1) is 23.8. The SMILES string of the molecule is COc1cccc(-c2cc(C(=O)N3Cc4ccccc4C[C@H]3CC(=O)NCC34CCN(CC3)C4)c[nH]2)c1. The van der Waals surface area contributed by atoms with Gasteiger partial charge in [-0.3, -0.25) is 9.59 Å². The van der Waals surface area contributed by atoms with Gasteiger partial charge in [0.1, 0.15) is 5.75 Å². The zero-order valence-corrected chi connectivity index (χ0v) is 21.3. The van der Waals surface area contributed by atoms with Gasteiger partial charge >= 0.3 is 0 Å². The molecule has 2 N–H and O–H groups in total. The minimum absolute atomic E-state index is 0.0352. The third-order valence-electron chi connectivity index (χ3n) is 8.48. The topological polar surface area (TPSA) is 77.7 Å². The van der Waals surface area contributed by atoms with Crippen molar-refractivity contribution in [1.82, 2.24) is 20.1 Å². The zero-order chi connectivity index (χ0) is 25.4. The van der Waals surface area contributed by atoms with Gasteiger partial charge in [0.25, 0.3) is 5.91 Å². The summed E-state index contributed by atoms with van der Waals surface area (Å²) in [7, 11) is 1.64. The molecular weight excluding hydrogens is 464 g/mol. The number of H-pyrrole nitrogens is 1. The monoisotopic (exact) mass is 498 g/mol. The van der Waals surface area contributed by atoms with Gasteiger partial charge in [-0.05, 0) is 61.7 Å². The van der Waals surface area contributed by atoms with Crippen molar-refractivity contribution in [3.63, 3.8) is 0 Å². The molecule has 0 radical (unpaired) electrons. The van der Waals surface area contributed by atoms with Crippen LogP contribution >= 0.6 is 0 Å². The average molecular weight is 499 g/mol. The molecule has 1 aromatic heterocycles. The van der Waals surface area contributed by atoms with Gasteiger partial charge in [0.2, 0.25) is 5.91 Å². The Morgan fingerprint density at radius 2 is 1.89 bits per heavy atom. The van der Waals surface area contributed by atoms with E-state index in [4.69, 9.17) is 4.74 Å². The molecule has 0 spiro atoms. The predicted molar refractivity (Wildman–Crippen MR) is 142 cm³/mol. The number of amides is 2. The molecule has 1 atom stereocenters. The first-order chi connectivity index (χ1) is 18.0. The largest absolute Gasteiger partial charge is 0.497 e. The number of aromatic nitrogens is 1. The van der Waals surface area contributed by atoms with E-state index in [1.165, 1.54) is 5.56 Å².